The number of ketones is 1. The van der Waals surface area contributed by atoms with Crippen molar-refractivity contribution in [1.29, 1.82) is 0 Å². The predicted molar refractivity (Wildman–Crippen MR) is 96.8 cm³/mol. The Morgan fingerprint density at radius 2 is 1.88 bits per heavy atom. The minimum Gasteiger partial charge on any atom is -0.496 e. The number of hydroxylamine groups is 1. The fraction of sp³-hybridized carbons (Fsp3) is 0.0526. The number of rotatable bonds is 6. The van der Waals surface area contributed by atoms with Gasteiger partial charge < -0.3 is 4.74 Å². The van der Waals surface area contributed by atoms with E-state index < -0.39 is 5.91 Å². The second-order valence-corrected chi connectivity index (χ2v) is 5.40. The number of benzene rings is 2. The molecule has 2 aromatic rings. The third-order valence-corrected chi connectivity index (χ3v) is 3.68. The molecule has 0 aliphatic carbocycles. The molecule has 0 saturated heterocycles. The zero-order valence-corrected chi connectivity index (χ0v) is 14.2. The molecule has 128 valence electrons. The molecular weight excluding hydrogens is 342 g/mol. The van der Waals surface area contributed by atoms with Gasteiger partial charge in [0.1, 0.15) is 5.75 Å². The quantitative estimate of drug-likeness (QED) is 0.357. The molecule has 0 fully saturated rings. The van der Waals surface area contributed by atoms with E-state index in [1.807, 2.05) is 0 Å². The van der Waals surface area contributed by atoms with Crippen LogP contribution in [0.4, 0.5) is 0 Å². The van der Waals surface area contributed by atoms with Gasteiger partial charge in [-0.05, 0) is 47.6 Å². The summed E-state index contributed by atoms with van der Waals surface area (Å²) in [6.45, 7) is 0. The first-order valence-electron chi connectivity index (χ1n) is 7.32. The molecule has 2 N–H and O–H groups in total. The van der Waals surface area contributed by atoms with Crippen molar-refractivity contribution in [2.45, 2.75) is 0 Å². The molecule has 2 aromatic carbocycles. The minimum atomic E-state index is -0.637. The second-order valence-electron chi connectivity index (χ2n) is 4.99. The van der Waals surface area contributed by atoms with Gasteiger partial charge in [0.15, 0.2) is 5.78 Å². The largest absolute Gasteiger partial charge is 0.496 e. The lowest BCUT2D eigenvalue weighted by atomic mass is 10.1. The van der Waals surface area contributed by atoms with E-state index in [0.29, 0.717) is 27.5 Å². The maximum absolute atomic E-state index is 12.3. The number of allylic oxidation sites excluding steroid dienone is 1. The third kappa shape index (κ3) is 5.04. The van der Waals surface area contributed by atoms with E-state index in [9.17, 15) is 9.59 Å². The average molecular weight is 358 g/mol. The van der Waals surface area contributed by atoms with Crippen molar-refractivity contribution in [3.63, 3.8) is 0 Å². The van der Waals surface area contributed by atoms with Gasteiger partial charge in [-0.2, -0.15) is 0 Å². The van der Waals surface area contributed by atoms with Crippen LogP contribution in [0.5, 0.6) is 5.75 Å². The Hall–Kier alpha value is -2.89. The summed E-state index contributed by atoms with van der Waals surface area (Å²) in [4.78, 5) is 23.3. The molecule has 0 radical (unpaired) electrons. The maximum atomic E-state index is 12.3. The number of amides is 1. The molecule has 0 saturated carbocycles. The van der Waals surface area contributed by atoms with E-state index in [4.69, 9.17) is 21.5 Å². The van der Waals surface area contributed by atoms with Crippen LogP contribution in [0.25, 0.3) is 12.2 Å². The Labute approximate surface area is 150 Å². The predicted octanol–water partition coefficient (Wildman–Crippen LogP) is 3.76. The fourth-order valence-electron chi connectivity index (χ4n) is 2.09. The number of para-hydroxylation sites is 1. The highest BCUT2D eigenvalue weighted by molar-refractivity contribution is 6.32. The zero-order chi connectivity index (χ0) is 18.2. The van der Waals surface area contributed by atoms with Crippen molar-refractivity contribution in [2.75, 3.05) is 7.11 Å². The summed E-state index contributed by atoms with van der Waals surface area (Å²) in [5, 5.41) is 8.86. The van der Waals surface area contributed by atoms with E-state index >= 15 is 0 Å². The summed E-state index contributed by atoms with van der Waals surface area (Å²) in [7, 11) is 1.51. The molecule has 0 bridgehead atoms. The van der Waals surface area contributed by atoms with Crippen molar-refractivity contribution in [3.05, 3.63) is 76.3 Å². The van der Waals surface area contributed by atoms with Crippen LogP contribution in [0.2, 0.25) is 5.02 Å². The number of halogens is 1. The number of carbonyl (C=O) groups excluding carboxylic acids is 2. The maximum Gasteiger partial charge on any atom is 0.267 e. The fourth-order valence-corrected chi connectivity index (χ4v) is 2.35. The summed E-state index contributed by atoms with van der Waals surface area (Å²) in [5.74, 6) is -0.328. The van der Waals surface area contributed by atoms with Gasteiger partial charge in [-0.3, -0.25) is 14.8 Å². The highest BCUT2D eigenvalue weighted by Gasteiger charge is 2.08. The first-order chi connectivity index (χ1) is 12.0. The highest BCUT2D eigenvalue weighted by atomic mass is 35.5. The molecular formula is C19H16ClNO4. The van der Waals surface area contributed by atoms with Crippen molar-refractivity contribution < 1.29 is 19.5 Å². The summed E-state index contributed by atoms with van der Waals surface area (Å²) in [6, 6.07) is 12.1. The second kappa shape index (κ2) is 8.82. The lowest BCUT2D eigenvalue weighted by Crippen LogP contribution is -2.14. The highest BCUT2D eigenvalue weighted by Crippen LogP contribution is 2.22. The summed E-state index contributed by atoms with van der Waals surface area (Å²) < 4.78 is 5.17. The van der Waals surface area contributed by atoms with Crippen LogP contribution in [0, 0.1) is 0 Å². The lowest BCUT2D eigenvalue weighted by molar-refractivity contribution is -0.124. The van der Waals surface area contributed by atoms with Gasteiger partial charge in [0.2, 0.25) is 0 Å². The molecule has 0 heterocycles. The van der Waals surface area contributed by atoms with E-state index in [2.05, 4.69) is 0 Å². The van der Waals surface area contributed by atoms with Gasteiger partial charge in [-0.15, -0.1) is 0 Å². The summed E-state index contributed by atoms with van der Waals surface area (Å²) >= 11 is 6.20. The minimum absolute atomic E-state index is 0.197. The molecule has 1 amide bonds. The Morgan fingerprint density at radius 1 is 1.12 bits per heavy atom. The van der Waals surface area contributed by atoms with Gasteiger partial charge >= 0.3 is 0 Å². The molecule has 0 atom stereocenters. The van der Waals surface area contributed by atoms with Crippen LogP contribution in [0.1, 0.15) is 21.5 Å². The molecule has 0 spiro atoms. The van der Waals surface area contributed by atoms with Crippen LogP contribution in [0.3, 0.4) is 0 Å². The molecule has 6 heteroatoms. The van der Waals surface area contributed by atoms with Crippen molar-refractivity contribution in [2.24, 2.45) is 0 Å². The molecule has 0 unspecified atom stereocenters. The average Bonchev–Trinajstić information content (AvgIpc) is 2.64. The van der Waals surface area contributed by atoms with Crippen molar-refractivity contribution in [1.82, 2.24) is 5.48 Å². The van der Waals surface area contributed by atoms with Crippen LogP contribution in [0.15, 0.2) is 54.6 Å². The Balaban J connectivity index is 2.17. The van der Waals surface area contributed by atoms with E-state index in [-0.39, 0.29) is 5.78 Å². The Morgan fingerprint density at radius 3 is 2.56 bits per heavy atom. The monoisotopic (exact) mass is 357 g/mol. The van der Waals surface area contributed by atoms with Gasteiger partial charge in [0.25, 0.3) is 5.91 Å². The smallest absolute Gasteiger partial charge is 0.267 e. The van der Waals surface area contributed by atoms with Crippen LogP contribution in [-0.4, -0.2) is 24.0 Å². The number of methoxy groups -OCH3 is 1. The molecule has 0 aliphatic heterocycles. The molecule has 25 heavy (non-hydrogen) atoms. The number of ether oxygens (including phenoxy) is 1. The first kappa shape index (κ1) is 18.4. The molecule has 5 nitrogen and oxygen atoms in total. The zero-order valence-electron chi connectivity index (χ0n) is 13.4. The number of hydrogen-bond acceptors (Lipinski definition) is 4. The molecule has 0 aromatic heterocycles. The van der Waals surface area contributed by atoms with E-state index in [1.54, 1.807) is 48.5 Å². The van der Waals surface area contributed by atoms with Gasteiger partial charge in [0, 0.05) is 11.1 Å². The van der Waals surface area contributed by atoms with E-state index in [0.717, 1.165) is 0 Å². The standard InChI is InChI=1S/C19H16ClNO4/c1-25-18-5-3-2-4-15(18)17(22)10-9-14-8-6-13(12-16(14)20)7-11-19(23)21-24/h2-12,24H,1H3,(H,21,23). The number of carbonyl (C=O) groups is 2. The van der Waals surface area contributed by atoms with Gasteiger partial charge in [0.05, 0.1) is 12.7 Å². The Kier molecular flexibility index (Phi) is 6.51. The molecule has 2 rings (SSSR count). The summed E-state index contributed by atoms with van der Waals surface area (Å²) in [6.07, 6.45) is 5.72. The third-order valence-electron chi connectivity index (χ3n) is 3.35. The van der Waals surface area contributed by atoms with Gasteiger partial charge in [-0.25, -0.2) is 5.48 Å². The van der Waals surface area contributed by atoms with Crippen molar-refractivity contribution >= 4 is 35.4 Å². The summed E-state index contributed by atoms with van der Waals surface area (Å²) in [5.41, 5.74) is 3.31. The number of nitrogens with one attached hydrogen (secondary N) is 1. The van der Waals surface area contributed by atoms with Crippen molar-refractivity contribution in [3.8, 4) is 5.75 Å². The van der Waals surface area contributed by atoms with Crippen LogP contribution >= 0.6 is 11.6 Å². The van der Waals surface area contributed by atoms with Crippen LogP contribution < -0.4 is 10.2 Å². The SMILES string of the molecule is COc1ccccc1C(=O)C=Cc1ccc(C=CC(=O)NO)cc1Cl. The van der Waals surface area contributed by atoms with E-state index in [1.165, 1.54) is 30.8 Å². The van der Waals surface area contributed by atoms with Crippen LogP contribution in [-0.2, 0) is 4.79 Å². The van der Waals surface area contributed by atoms with Gasteiger partial charge in [-0.1, -0.05) is 35.9 Å². The Bertz CT molecular complexity index is 843. The lowest BCUT2D eigenvalue weighted by Gasteiger charge is -2.04. The first-order valence-corrected chi connectivity index (χ1v) is 7.70. The molecule has 0 aliphatic rings. The number of hydrogen-bond donors (Lipinski definition) is 2. The topological polar surface area (TPSA) is 75.6 Å². The normalized spacial score (nSPS) is 11.0.